The molecule has 3 aromatic rings. The van der Waals surface area contributed by atoms with Crippen molar-refractivity contribution in [2.24, 2.45) is 0 Å². The fraction of sp³-hybridized carbons (Fsp3) is 0.160. The Morgan fingerprint density at radius 2 is 1.75 bits per heavy atom. The van der Waals surface area contributed by atoms with Crippen LogP contribution in [0.25, 0.3) is 0 Å². The van der Waals surface area contributed by atoms with Crippen LogP contribution in [0.3, 0.4) is 0 Å². The van der Waals surface area contributed by atoms with Gasteiger partial charge in [-0.25, -0.2) is 4.79 Å². The van der Waals surface area contributed by atoms with Crippen LogP contribution in [0, 0.1) is 6.92 Å². The molecule has 2 amide bonds. The predicted octanol–water partition coefficient (Wildman–Crippen LogP) is 4.48. The molecule has 3 aromatic carbocycles. The van der Waals surface area contributed by atoms with E-state index in [0.717, 1.165) is 11.1 Å². The molecule has 32 heavy (non-hydrogen) atoms. The first kappa shape index (κ1) is 21.6. The number of carboxylic acid groups (broad SMARTS) is 1. The van der Waals surface area contributed by atoms with Gasteiger partial charge in [0.25, 0.3) is 11.8 Å². The fourth-order valence-electron chi connectivity index (χ4n) is 3.95. The topological polar surface area (TPSA) is 86.7 Å². The number of anilines is 1. The van der Waals surface area contributed by atoms with Crippen LogP contribution >= 0.6 is 11.6 Å². The minimum atomic E-state index is -1.26. The Hall–Kier alpha value is -3.64. The van der Waals surface area contributed by atoms with Crippen LogP contribution in [0.2, 0.25) is 5.02 Å². The number of aliphatic carboxylic acids is 1. The molecule has 0 bridgehead atoms. The molecule has 0 saturated carbocycles. The van der Waals surface area contributed by atoms with Crippen molar-refractivity contribution in [2.45, 2.75) is 25.4 Å². The van der Waals surface area contributed by atoms with Gasteiger partial charge in [0.15, 0.2) is 0 Å². The van der Waals surface area contributed by atoms with E-state index in [9.17, 15) is 19.5 Å². The molecule has 2 atom stereocenters. The molecule has 162 valence electrons. The summed E-state index contributed by atoms with van der Waals surface area (Å²) in [7, 11) is 0. The largest absolute Gasteiger partial charge is 0.480 e. The van der Waals surface area contributed by atoms with Crippen molar-refractivity contribution in [1.29, 1.82) is 0 Å². The maximum Gasteiger partial charge on any atom is 0.326 e. The van der Waals surface area contributed by atoms with Crippen LogP contribution in [-0.4, -0.2) is 33.8 Å². The molecule has 0 radical (unpaired) electrons. The normalized spacial score (nSPS) is 16.7. The molecule has 2 N–H and O–H groups in total. The molecule has 2 unspecified atom stereocenters. The number of fused-ring (bicyclic) bond motifs is 1. The number of carboxylic acids is 1. The highest BCUT2D eigenvalue weighted by molar-refractivity contribution is 6.30. The van der Waals surface area contributed by atoms with Crippen molar-refractivity contribution >= 4 is 35.1 Å². The molecular weight excluding hydrogens is 428 g/mol. The van der Waals surface area contributed by atoms with Crippen LogP contribution < -0.4 is 5.32 Å². The first-order chi connectivity index (χ1) is 15.3. The molecule has 0 saturated heterocycles. The highest BCUT2D eigenvalue weighted by atomic mass is 35.5. The highest BCUT2D eigenvalue weighted by Crippen LogP contribution is 2.34. The Bertz CT molecular complexity index is 1180. The second-order valence-corrected chi connectivity index (χ2v) is 8.18. The summed E-state index contributed by atoms with van der Waals surface area (Å²) in [5, 5.41) is 13.4. The number of hydrogen-bond donors (Lipinski definition) is 2. The van der Waals surface area contributed by atoms with Crippen LogP contribution in [-0.2, 0) is 16.0 Å². The second kappa shape index (κ2) is 8.85. The zero-order valence-electron chi connectivity index (χ0n) is 17.3. The van der Waals surface area contributed by atoms with Gasteiger partial charge >= 0.3 is 5.97 Å². The van der Waals surface area contributed by atoms with Gasteiger partial charge in [-0.1, -0.05) is 65.7 Å². The summed E-state index contributed by atoms with van der Waals surface area (Å²) in [6.07, 6.45) is 0.0560. The number of aryl methyl sites for hydroxylation is 1. The third kappa shape index (κ3) is 4.22. The van der Waals surface area contributed by atoms with Crippen LogP contribution in [0.1, 0.15) is 33.1 Å². The van der Waals surface area contributed by atoms with E-state index in [-0.39, 0.29) is 12.0 Å². The maximum atomic E-state index is 13.8. The standard InChI is InChI=1S/C25H21ClN2O4/c1-15-7-12-20-19(13-15)24(30)28(21(25(31)32)14-16-5-3-2-4-6-16)22(23(29)27-20)17-8-10-18(26)11-9-17/h2-13,21-22H,14H2,1H3,(H,27,29)(H,31,32). The average molecular weight is 449 g/mol. The summed E-state index contributed by atoms with van der Waals surface area (Å²) in [6.45, 7) is 1.83. The minimum Gasteiger partial charge on any atom is -0.480 e. The first-order valence-corrected chi connectivity index (χ1v) is 10.5. The van der Waals surface area contributed by atoms with Crippen molar-refractivity contribution in [3.05, 3.63) is 100 Å². The molecular formula is C25H21ClN2O4. The predicted molar refractivity (Wildman–Crippen MR) is 122 cm³/mol. The van der Waals surface area contributed by atoms with E-state index < -0.39 is 29.9 Å². The second-order valence-electron chi connectivity index (χ2n) is 7.75. The van der Waals surface area contributed by atoms with Gasteiger partial charge in [0.05, 0.1) is 11.3 Å². The lowest BCUT2D eigenvalue weighted by atomic mass is 9.97. The van der Waals surface area contributed by atoms with Crippen molar-refractivity contribution in [3.8, 4) is 0 Å². The molecule has 0 aromatic heterocycles. The van der Waals surface area contributed by atoms with Gasteiger partial charge in [-0.3, -0.25) is 9.59 Å². The summed E-state index contributed by atoms with van der Waals surface area (Å²) in [6, 6.07) is 18.3. The average Bonchev–Trinajstić information content (AvgIpc) is 2.88. The zero-order valence-corrected chi connectivity index (χ0v) is 18.0. The lowest BCUT2D eigenvalue weighted by Gasteiger charge is -2.34. The quantitative estimate of drug-likeness (QED) is 0.602. The van der Waals surface area contributed by atoms with E-state index in [1.165, 1.54) is 4.90 Å². The molecule has 0 spiro atoms. The van der Waals surface area contributed by atoms with Gasteiger partial charge in [-0.15, -0.1) is 0 Å². The Balaban J connectivity index is 1.88. The van der Waals surface area contributed by atoms with Crippen molar-refractivity contribution in [1.82, 2.24) is 4.90 Å². The first-order valence-electron chi connectivity index (χ1n) is 10.1. The monoisotopic (exact) mass is 448 g/mol. The highest BCUT2D eigenvalue weighted by Gasteiger charge is 2.43. The number of nitrogens with one attached hydrogen (secondary N) is 1. The summed E-state index contributed by atoms with van der Waals surface area (Å²) >= 11 is 6.02. The third-order valence-corrected chi connectivity index (χ3v) is 5.75. The summed E-state index contributed by atoms with van der Waals surface area (Å²) in [5.74, 6) is -2.20. The molecule has 1 heterocycles. The van der Waals surface area contributed by atoms with Crippen molar-refractivity contribution in [2.75, 3.05) is 5.32 Å². The Morgan fingerprint density at radius 3 is 2.41 bits per heavy atom. The van der Waals surface area contributed by atoms with E-state index in [4.69, 9.17) is 11.6 Å². The summed E-state index contributed by atoms with van der Waals surface area (Å²) in [4.78, 5) is 40.7. The zero-order chi connectivity index (χ0) is 22.8. The number of carbonyl (C=O) groups excluding carboxylic acids is 2. The lowest BCUT2D eigenvalue weighted by molar-refractivity contribution is -0.143. The number of hydrogen-bond acceptors (Lipinski definition) is 3. The number of carbonyl (C=O) groups is 3. The SMILES string of the molecule is Cc1ccc2c(c1)C(=O)N(C(Cc1ccccc1)C(=O)O)C(c1ccc(Cl)cc1)C(=O)N2. The van der Waals surface area contributed by atoms with Gasteiger partial charge < -0.3 is 15.3 Å². The van der Waals surface area contributed by atoms with Gasteiger partial charge in [0, 0.05) is 11.4 Å². The van der Waals surface area contributed by atoms with E-state index in [1.807, 2.05) is 13.0 Å². The molecule has 1 aliphatic heterocycles. The van der Waals surface area contributed by atoms with Gasteiger partial charge in [-0.2, -0.15) is 0 Å². The molecule has 0 fully saturated rings. The van der Waals surface area contributed by atoms with E-state index in [2.05, 4.69) is 5.32 Å². The van der Waals surface area contributed by atoms with Crippen LogP contribution in [0.5, 0.6) is 0 Å². The third-order valence-electron chi connectivity index (χ3n) is 5.50. The molecule has 4 rings (SSSR count). The Labute approximate surface area is 190 Å². The Kier molecular flexibility index (Phi) is 5.97. The molecule has 1 aliphatic rings. The van der Waals surface area contributed by atoms with Crippen molar-refractivity contribution in [3.63, 3.8) is 0 Å². The summed E-state index contributed by atoms with van der Waals surface area (Å²) in [5.41, 5.74) is 2.66. The lowest BCUT2D eigenvalue weighted by Crippen LogP contribution is -2.50. The Morgan fingerprint density at radius 1 is 1.06 bits per heavy atom. The van der Waals surface area contributed by atoms with Gasteiger partial charge in [0.2, 0.25) is 0 Å². The van der Waals surface area contributed by atoms with Crippen molar-refractivity contribution < 1.29 is 19.5 Å². The molecule has 6 nitrogen and oxygen atoms in total. The van der Waals surface area contributed by atoms with Gasteiger partial charge in [0.1, 0.15) is 12.1 Å². The number of benzene rings is 3. The number of rotatable bonds is 5. The fourth-order valence-corrected chi connectivity index (χ4v) is 4.07. The minimum absolute atomic E-state index is 0.0560. The van der Waals surface area contributed by atoms with Crippen LogP contribution in [0.4, 0.5) is 5.69 Å². The maximum absolute atomic E-state index is 13.8. The van der Waals surface area contributed by atoms with E-state index >= 15 is 0 Å². The van der Waals surface area contributed by atoms with E-state index in [1.54, 1.807) is 66.7 Å². The molecule has 0 aliphatic carbocycles. The number of halogens is 1. The van der Waals surface area contributed by atoms with E-state index in [0.29, 0.717) is 16.3 Å². The number of nitrogens with zero attached hydrogens (tertiary/aromatic N) is 1. The van der Waals surface area contributed by atoms with Crippen LogP contribution in [0.15, 0.2) is 72.8 Å². The van der Waals surface area contributed by atoms with Gasteiger partial charge in [-0.05, 0) is 42.3 Å². The smallest absolute Gasteiger partial charge is 0.326 e. The molecule has 7 heteroatoms. The number of amides is 2. The summed E-state index contributed by atoms with van der Waals surface area (Å²) < 4.78 is 0.